The number of hydrogen-bond acceptors (Lipinski definition) is 3. The van der Waals surface area contributed by atoms with Gasteiger partial charge < -0.3 is 10.1 Å². The van der Waals surface area contributed by atoms with Gasteiger partial charge in [-0.05, 0) is 6.92 Å². The van der Waals surface area contributed by atoms with Crippen molar-refractivity contribution in [2.75, 3.05) is 18.5 Å². The molecule has 0 fully saturated rings. The molecule has 0 aliphatic heterocycles. The van der Waals surface area contributed by atoms with Gasteiger partial charge in [-0.2, -0.15) is 0 Å². The van der Waals surface area contributed by atoms with Crippen molar-refractivity contribution in [3.8, 4) is 0 Å². The second-order valence-corrected chi connectivity index (χ2v) is 3.90. The van der Waals surface area contributed by atoms with Crippen molar-refractivity contribution >= 4 is 43.7 Å². The number of ether oxygens (including phenoxy) is 1. The van der Waals surface area contributed by atoms with Gasteiger partial charge in [0.05, 0.1) is 6.61 Å². The average Bonchev–Trinajstić information content (AvgIpc) is 2.13. The van der Waals surface area contributed by atoms with Gasteiger partial charge in [0.2, 0.25) is 5.91 Å². The Bertz CT molecular complexity index is 187. The fourth-order valence-corrected chi connectivity index (χ4v) is 1.01. The highest BCUT2D eigenvalue weighted by molar-refractivity contribution is 9.12. The van der Waals surface area contributed by atoms with Crippen LogP contribution >= 0.6 is 31.9 Å². The van der Waals surface area contributed by atoms with E-state index in [0.29, 0.717) is 11.9 Å². The smallest absolute Gasteiger partial charge is 0.325 e. The minimum absolute atomic E-state index is 0.0816. The highest BCUT2D eigenvalue weighted by Crippen LogP contribution is 2.02. The molecule has 0 radical (unpaired) electrons. The van der Waals surface area contributed by atoms with E-state index >= 15 is 0 Å². The number of nitrogens with one attached hydrogen (secondary N) is 1. The van der Waals surface area contributed by atoms with Crippen LogP contribution in [-0.4, -0.2) is 35.2 Å². The molecule has 1 amide bonds. The summed E-state index contributed by atoms with van der Waals surface area (Å²) in [4.78, 5) is 21.6. The molecule has 1 N–H and O–H groups in total. The molecule has 1 unspecified atom stereocenters. The molecule has 0 aromatic heterocycles. The molecule has 76 valence electrons. The van der Waals surface area contributed by atoms with Gasteiger partial charge in [-0.15, -0.1) is 0 Å². The number of amides is 1. The van der Waals surface area contributed by atoms with Crippen molar-refractivity contribution in [2.24, 2.45) is 0 Å². The Labute approximate surface area is 93.7 Å². The second-order valence-electron chi connectivity index (χ2n) is 2.14. The van der Waals surface area contributed by atoms with Gasteiger partial charge >= 0.3 is 5.97 Å². The molecule has 0 saturated carbocycles. The van der Waals surface area contributed by atoms with Crippen molar-refractivity contribution in [1.82, 2.24) is 5.32 Å². The van der Waals surface area contributed by atoms with E-state index in [1.54, 1.807) is 6.92 Å². The molecular formula is C7H11Br2NO3. The molecule has 0 aromatic rings. The Hall–Kier alpha value is -0.100. The summed E-state index contributed by atoms with van der Waals surface area (Å²) in [5.74, 6) is -0.657. The zero-order chi connectivity index (χ0) is 10.3. The Morgan fingerprint density at radius 1 is 1.54 bits per heavy atom. The summed E-state index contributed by atoms with van der Waals surface area (Å²) in [5.41, 5.74) is 0. The third kappa shape index (κ3) is 6.04. The first-order valence-electron chi connectivity index (χ1n) is 3.75. The van der Waals surface area contributed by atoms with Crippen LogP contribution in [0.1, 0.15) is 6.92 Å². The SMILES string of the molecule is CCOC(=O)CNC(=O)C(Br)CBr. The maximum Gasteiger partial charge on any atom is 0.325 e. The summed E-state index contributed by atoms with van der Waals surface area (Å²) in [6, 6.07) is 0. The second kappa shape index (κ2) is 7.32. The summed E-state index contributed by atoms with van der Waals surface area (Å²) in [7, 11) is 0. The van der Waals surface area contributed by atoms with Gasteiger partial charge in [0, 0.05) is 5.33 Å². The number of alkyl halides is 2. The number of carbonyl (C=O) groups is 2. The predicted octanol–water partition coefficient (Wildman–Crippen LogP) is 0.824. The third-order valence-electron chi connectivity index (χ3n) is 1.13. The average molecular weight is 317 g/mol. The van der Waals surface area contributed by atoms with E-state index in [-0.39, 0.29) is 17.3 Å². The molecular weight excluding hydrogens is 306 g/mol. The lowest BCUT2D eigenvalue weighted by Crippen LogP contribution is -2.36. The van der Waals surface area contributed by atoms with E-state index in [1.165, 1.54) is 0 Å². The molecule has 0 aliphatic rings. The Morgan fingerprint density at radius 2 is 2.15 bits per heavy atom. The number of halogens is 2. The number of esters is 1. The highest BCUT2D eigenvalue weighted by Gasteiger charge is 2.13. The fraction of sp³-hybridized carbons (Fsp3) is 0.714. The van der Waals surface area contributed by atoms with E-state index < -0.39 is 5.97 Å². The van der Waals surface area contributed by atoms with Crippen molar-refractivity contribution in [3.63, 3.8) is 0 Å². The Balaban J connectivity index is 3.63. The first-order valence-corrected chi connectivity index (χ1v) is 5.78. The summed E-state index contributed by atoms with van der Waals surface area (Å²) < 4.78 is 4.62. The Kier molecular flexibility index (Phi) is 7.26. The van der Waals surface area contributed by atoms with Crippen LogP contribution in [0.5, 0.6) is 0 Å². The lowest BCUT2D eigenvalue weighted by molar-refractivity contribution is -0.143. The van der Waals surface area contributed by atoms with Crippen LogP contribution in [0.3, 0.4) is 0 Å². The van der Waals surface area contributed by atoms with Crippen LogP contribution in [0.4, 0.5) is 0 Å². The summed E-state index contributed by atoms with van der Waals surface area (Å²) in [6.07, 6.45) is 0. The van der Waals surface area contributed by atoms with Gasteiger partial charge in [0.1, 0.15) is 11.4 Å². The van der Waals surface area contributed by atoms with Gasteiger partial charge in [-0.1, -0.05) is 31.9 Å². The minimum atomic E-state index is -0.426. The van der Waals surface area contributed by atoms with E-state index in [2.05, 4.69) is 41.9 Å². The van der Waals surface area contributed by atoms with Crippen LogP contribution in [0.2, 0.25) is 0 Å². The van der Waals surface area contributed by atoms with Gasteiger partial charge in [-0.3, -0.25) is 9.59 Å². The van der Waals surface area contributed by atoms with Crippen LogP contribution in [0.15, 0.2) is 0 Å². The Morgan fingerprint density at radius 3 is 2.62 bits per heavy atom. The summed E-state index contributed by atoms with van der Waals surface area (Å²) >= 11 is 6.25. The van der Waals surface area contributed by atoms with Crippen LogP contribution in [0.25, 0.3) is 0 Å². The van der Waals surface area contributed by atoms with E-state index in [4.69, 9.17) is 0 Å². The van der Waals surface area contributed by atoms with Crippen LogP contribution < -0.4 is 5.32 Å². The lowest BCUT2D eigenvalue weighted by atomic mass is 10.4. The number of hydrogen-bond donors (Lipinski definition) is 1. The lowest BCUT2D eigenvalue weighted by Gasteiger charge is -2.07. The summed E-state index contributed by atoms with van der Waals surface area (Å²) in [6.45, 7) is 1.96. The molecule has 6 heteroatoms. The van der Waals surface area contributed by atoms with E-state index in [0.717, 1.165) is 0 Å². The molecule has 0 heterocycles. The monoisotopic (exact) mass is 315 g/mol. The topological polar surface area (TPSA) is 55.4 Å². The fourth-order valence-electron chi connectivity index (χ4n) is 0.552. The normalized spacial score (nSPS) is 11.9. The van der Waals surface area contributed by atoms with Gasteiger partial charge in [0.25, 0.3) is 0 Å². The van der Waals surface area contributed by atoms with Crippen molar-refractivity contribution in [2.45, 2.75) is 11.8 Å². The predicted molar refractivity (Wildman–Crippen MR) is 56.2 cm³/mol. The molecule has 0 spiro atoms. The number of rotatable bonds is 5. The van der Waals surface area contributed by atoms with Crippen molar-refractivity contribution in [3.05, 3.63) is 0 Å². The van der Waals surface area contributed by atoms with E-state index in [1.807, 2.05) is 0 Å². The zero-order valence-electron chi connectivity index (χ0n) is 7.18. The molecule has 0 rings (SSSR count). The maximum atomic E-state index is 11.1. The van der Waals surface area contributed by atoms with E-state index in [9.17, 15) is 9.59 Å². The molecule has 0 saturated heterocycles. The minimum Gasteiger partial charge on any atom is -0.465 e. The van der Waals surface area contributed by atoms with Crippen LogP contribution in [-0.2, 0) is 14.3 Å². The highest BCUT2D eigenvalue weighted by atomic mass is 79.9. The molecule has 0 aliphatic carbocycles. The molecule has 0 aromatic carbocycles. The van der Waals surface area contributed by atoms with Gasteiger partial charge in [-0.25, -0.2) is 0 Å². The molecule has 1 atom stereocenters. The van der Waals surface area contributed by atoms with Crippen molar-refractivity contribution in [1.29, 1.82) is 0 Å². The first kappa shape index (κ1) is 12.9. The molecule has 4 nitrogen and oxygen atoms in total. The first-order chi connectivity index (χ1) is 6.11. The molecule has 0 bridgehead atoms. The van der Waals surface area contributed by atoms with Crippen molar-refractivity contribution < 1.29 is 14.3 Å². The summed E-state index contributed by atoms with van der Waals surface area (Å²) in [5, 5.41) is 2.93. The van der Waals surface area contributed by atoms with Gasteiger partial charge in [0.15, 0.2) is 0 Å². The third-order valence-corrected chi connectivity index (χ3v) is 3.39. The largest absolute Gasteiger partial charge is 0.465 e. The molecule has 13 heavy (non-hydrogen) atoms. The standard InChI is InChI=1S/C7H11Br2NO3/c1-2-13-6(11)4-10-7(12)5(9)3-8/h5H,2-4H2,1H3,(H,10,12). The quantitative estimate of drug-likeness (QED) is 0.603. The zero-order valence-corrected chi connectivity index (χ0v) is 10.4. The van der Waals surface area contributed by atoms with Crippen LogP contribution in [0, 0.1) is 0 Å². The number of carbonyl (C=O) groups excluding carboxylic acids is 2. The maximum absolute atomic E-state index is 11.1.